The van der Waals surface area contributed by atoms with Crippen LogP contribution in [0.5, 0.6) is 11.5 Å². The van der Waals surface area contributed by atoms with Crippen LogP contribution in [0.2, 0.25) is 0 Å². The first kappa shape index (κ1) is 18.2. The number of methoxy groups -OCH3 is 1. The summed E-state index contributed by atoms with van der Waals surface area (Å²) in [5.74, 6) is 1.02. The Hall–Kier alpha value is -3.86. The first-order valence-corrected chi connectivity index (χ1v) is 9.49. The number of halogens is 1. The van der Waals surface area contributed by atoms with Crippen LogP contribution in [-0.2, 0) is 0 Å². The number of hydrogen-bond acceptors (Lipinski definition) is 4. The Morgan fingerprint density at radius 3 is 2.40 bits per heavy atom. The zero-order valence-corrected chi connectivity index (χ0v) is 16.1. The molecular formula is C25H17FO4. The molecule has 2 heterocycles. The quantitative estimate of drug-likeness (QED) is 0.426. The molecule has 0 spiro atoms. The Morgan fingerprint density at radius 1 is 0.933 bits per heavy atom. The zero-order chi connectivity index (χ0) is 20.7. The molecule has 3 aromatic carbocycles. The molecule has 1 atom stereocenters. The van der Waals surface area contributed by atoms with E-state index in [4.69, 9.17) is 13.9 Å². The molecule has 1 unspecified atom stereocenters. The second-order valence-corrected chi connectivity index (χ2v) is 7.02. The molecule has 4 aromatic rings. The van der Waals surface area contributed by atoms with Crippen LogP contribution in [0.4, 0.5) is 4.39 Å². The van der Waals surface area contributed by atoms with E-state index >= 15 is 0 Å². The van der Waals surface area contributed by atoms with Crippen molar-refractivity contribution in [2.75, 3.05) is 7.11 Å². The lowest BCUT2D eigenvalue weighted by Crippen LogP contribution is -2.19. The molecule has 0 aliphatic carbocycles. The van der Waals surface area contributed by atoms with E-state index in [0.29, 0.717) is 28.0 Å². The van der Waals surface area contributed by atoms with E-state index in [9.17, 15) is 9.18 Å². The molecule has 5 heteroatoms. The van der Waals surface area contributed by atoms with E-state index in [1.54, 1.807) is 31.4 Å². The number of para-hydroxylation sites is 1. The zero-order valence-electron chi connectivity index (χ0n) is 16.1. The van der Waals surface area contributed by atoms with Crippen LogP contribution in [0.25, 0.3) is 16.7 Å². The van der Waals surface area contributed by atoms with Crippen LogP contribution < -0.4 is 15.1 Å². The number of hydrogen-bond donors (Lipinski definition) is 0. The van der Waals surface area contributed by atoms with Crippen LogP contribution in [0.1, 0.15) is 22.6 Å². The van der Waals surface area contributed by atoms with Crippen LogP contribution in [0.15, 0.2) is 88.1 Å². The van der Waals surface area contributed by atoms with Gasteiger partial charge in [0.05, 0.1) is 18.1 Å². The van der Waals surface area contributed by atoms with Gasteiger partial charge in [0.15, 0.2) is 0 Å². The van der Waals surface area contributed by atoms with Crippen molar-refractivity contribution in [2.45, 2.75) is 5.92 Å². The maximum absolute atomic E-state index is 13.4. The maximum Gasteiger partial charge on any atom is 0.344 e. The largest absolute Gasteiger partial charge is 0.497 e. The number of benzene rings is 3. The monoisotopic (exact) mass is 400 g/mol. The smallest absolute Gasteiger partial charge is 0.344 e. The van der Waals surface area contributed by atoms with Gasteiger partial charge in [-0.25, -0.2) is 9.18 Å². The van der Waals surface area contributed by atoms with Crippen molar-refractivity contribution in [1.82, 2.24) is 0 Å². The molecule has 0 radical (unpaired) electrons. The molecule has 30 heavy (non-hydrogen) atoms. The molecule has 1 aromatic heterocycles. The third-order valence-electron chi connectivity index (χ3n) is 5.24. The van der Waals surface area contributed by atoms with Gasteiger partial charge in [0.2, 0.25) is 0 Å². The fourth-order valence-corrected chi connectivity index (χ4v) is 3.74. The highest BCUT2D eigenvalue weighted by Crippen LogP contribution is 2.43. The van der Waals surface area contributed by atoms with Crippen LogP contribution in [0.3, 0.4) is 0 Å². The average Bonchev–Trinajstić information content (AvgIpc) is 2.79. The predicted octanol–water partition coefficient (Wildman–Crippen LogP) is 5.51. The summed E-state index contributed by atoms with van der Waals surface area (Å²) in [6.45, 7) is 0. The molecule has 5 rings (SSSR count). The summed E-state index contributed by atoms with van der Waals surface area (Å²) >= 11 is 0. The highest BCUT2D eigenvalue weighted by atomic mass is 19.1. The van der Waals surface area contributed by atoms with E-state index < -0.39 is 5.63 Å². The van der Waals surface area contributed by atoms with Crippen LogP contribution in [-0.4, -0.2) is 7.11 Å². The first-order valence-electron chi connectivity index (χ1n) is 9.49. The Balaban J connectivity index is 1.75. The number of ether oxygens (including phenoxy) is 2. The van der Waals surface area contributed by atoms with Gasteiger partial charge in [-0.1, -0.05) is 24.3 Å². The predicted molar refractivity (Wildman–Crippen MR) is 112 cm³/mol. The standard InChI is InChI=1S/C25H17FO4/c1-28-18-12-8-15(9-13-18)20-14-22(16-6-10-17(26)11-7-16)29-24-19-4-2-3-5-21(19)30-25(27)23(20)24/h2-14,20H,1H3. The van der Waals surface area contributed by atoms with Gasteiger partial charge in [-0.05, 0) is 60.2 Å². The molecule has 0 N–H and O–H groups in total. The Morgan fingerprint density at radius 2 is 1.67 bits per heavy atom. The fourth-order valence-electron chi connectivity index (χ4n) is 3.74. The number of fused-ring (bicyclic) bond motifs is 3. The van der Waals surface area contributed by atoms with Crippen molar-refractivity contribution in [3.05, 3.63) is 112 Å². The molecule has 148 valence electrons. The molecule has 0 saturated heterocycles. The van der Waals surface area contributed by atoms with Gasteiger partial charge in [-0.3, -0.25) is 0 Å². The molecule has 0 fully saturated rings. The Labute approximate surface area is 171 Å². The summed E-state index contributed by atoms with van der Waals surface area (Å²) in [5.41, 5.74) is 2.05. The second-order valence-electron chi connectivity index (χ2n) is 7.02. The van der Waals surface area contributed by atoms with E-state index in [1.165, 1.54) is 12.1 Å². The Bertz CT molecular complexity index is 1320. The van der Waals surface area contributed by atoms with Crippen molar-refractivity contribution in [2.24, 2.45) is 0 Å². The molecular weight excluding hydrogens is 383 g/mol. The third kappa shape index (κ3) is 3.05. The van der Waals surface area contributed by atoms with Crippen molar-refractivity contribution >= 4 is 16.7 Å². The summed E-state index contributed by atoms with van der Waals surface area (Å²) in [6, 6.07) is 20.9. The molecule has 0 saturated carbocycles. The first-order chi connectivity index (χ1) is 14.6. The highest BCUT2D eigenvalue weighted by molar-refractivity contribution is 5.87. The number of rotatable bonds is 3. The lowest BCUT2D eigenvalue weighted by Gasteiger charge is -2.25. The minimum atomic E-state index is -0.445. The van der Waals surface area contributed by atoms with Crippen molar-refractivity contribution in [1.29, 1.82) is 0 Å². The molecule has 1 aliphatic heterocycles. The lowest BCUT2D eigenvalue weighted by atomic mass is 9.88. The summed E-state index contributed by atoms with van der Waals surface area (Å²) in [4.78, 5) is 12.9. The van der Waals surface area contributed by atoms with E-state index in [0.717, 1.165) is 16.9 Å². The second kappa shape index (κ2) is 7.19. The van der Waals surface area contributed by atoms with Gasteiger partial charge in [0, 0.05) is 11.5 Å². The average molecular weight is 400 g/mol. The molecule has 0 bridgehead atoms. The molecule has 1 aliphatic rings. The molecule has 4 nitrogen and oxygen atoms in total. The fraction of sp³-hybridized carbons (Fsp3) is 0.0800. The lowest BCUT2D eigenvalue weighted by molar-refractivity contribution is 0.414. The number of allylic oxidation sites excluding steroid dienone is 1. The normalized spacial score (nSPS) is 15.3. The van der Waals surface area contributed by atoms with Gasteiger partial charge in [-0.15, -0.1) is 0 Å². The third-order valence-corrected chi connectivity index (χ3v) is 5.24. The molecule has 0 amide bonds. The van der Waals surface area contributed by atoms with Gasteiger partial charge in [0.1, 0.15) is 28.7 Å². The highest BCUT2D eigenvalue weighted by Gasteiger charge is 2.30. The maximum atomic E-state index is 13.4. The van der Waals surface area contributed by atoms with E-state index in [1.807, 2.05) is 42.5 Å². The van der Waals surface area contributed by atoms with Gasteiger partial charge < -0.3 is 13.9 Å². The summed E-state index contributed by atoms with van der Waals surface area (Å²) in [7, 11) is 1.60. The van der Waals surface area contributed by atoms with Crippen molar-refractivity contribution in [3.8, 4) is 11.5 Å². The van der Waals surface area contributed by atoms with Crippen LogP contribution in [0, 0.1) is 5.82 Å². The van der Waals surface area contributed by atoms with Gasteiger partial charge in [-0.2, -0.15) is 0 Å². The van der Waals surface area contributed by atoms with Crippen molar-refractivity contribution in [3.63, 3.8) is 0 Å². The van der Waals surface area contributed by atoms with Gasteiger partial charge in [0.25, 0.3) is 0 Å². The van der Waals surface area contributed by atoms with E-state index in [-0.39, 0.29) is 11.7 Å². The minimum Gasteiger partial charge on any atom is -0.497 e. The van der Waals surface area contributed by atoms with Gasteiger partial charge >= 0.3 is 5.63 Å². The summed E-state index contributed by atoms with van der Waals surface area (Å²) in [5, 5.41) is 0.707. The van der Waals surface area contributed by atoms with E-state index in [2.05, 4.69) is 0 Å². The van der Waals surface area contributed by atoms with Crippen molar-refractivity contribution < 1.29 is 18.3 Å². The summed E-state index contributed by atoms with van der Waals surface area (Å²) < 4.78 is 30.5. The topological polar surface area (TPSA) is 48.7 Å². The summed E-state index contributed by atoms with van der Waals surface area (Å²) in [6.07, 6.45) is 1.86. The minimum absolute atomic E-state index is 0.326. The Kier molecular flexibility index (Phi) is 4.36. The van der Waals surface area contributed by atoms with Crippen LogP contribution >= 0.6 is 0 Å². The SMILES string of the molecule is COc1ccc(C2C=C(c3ccc(F)cc3)Oc3c2c(=O)oc2ccccc32)cc1.